The van der Waals surface area contributed by atoms with Crippen molar-refractivity contribution in [2.45, 2.75) is 25.2 Å². The van der Waals surface area contributed by atoms with Crippen LogP contribution in [0.3, 0.4) is 0 Å². The summed E-state index contributed by atoms with van der Waals surface area (Å²) in [6.45, 7) is 0.927. The van der Waals surface area contributed by atoms with E-state index in [-0.39, 0.29) is 11.7 Å². The fourth-order valence-electron chi connectivity index (χ4n) is 2.64. The molecule has 6 nitrogen and oxygen atoms in total. The topological polar surface area (TPSA) is 79.5 Å². The minimum absolute atomic E-state index is 0.0562. The van der Waals surface area contributed by atoms with E-state index in [0.29, 0.717) is 31.2 Å². The van der Waals surface area contributed by atoms with Gasteiger partial charge in [0.2, 0.25) is 5.89 Å². The van der Waals surface area contributed by atoms with E-state index in [1.54, 1.807) is 12.1 Å². The van der Waals surface area contributed by atoms with Crippen LogP contribution < -0.4 is 0 Å². The van der Waals surface area contributed by atoms with Gasteiger partial charge in [-0.3, -0.25) is 0 Å². The second-order valence-electron chi connectivity index (χ2n) is 5.42. The van der Waals surface area contributed by atoms with Gasteiger partial charge in [-0.25, -0.2) is 9.18 Å². The molecule has 2 heterocycles. The summed E-state index contributed by atoms with van der Waals surface area (Å²) in [5.41, 5.74) is 0.893. The molecule has 7 heteroatoms. The number of rotatable bonds is 3. The highest BCUT2D eigenvalue weighted by atomic mass is 19.1. The van der Waals surface area contributed by atoms with Gasteiger partial charge >= 0.3 is 6.09 Å². The Bertz CT molecular complexity index is 656. The van der Waals surface area contributed by atoms with Crippen molar-refractivity contribution in [2.24, 2.45) is 0 Å². The van der Waals surface area contributed by atoms with Crippen molar-refractivity contribution in [3.05, 3.63) is 47.4 Å². The molecule has 1 aromatic carbocycles. The average Bonchev–Trinajstić information content (AvgIpc) is 2.98. The van der Waals surface area contributed by atoms with Crippen molar-refractivity contribution in [1.29, 1.82) is 0 Å². The molecule has 1 aromatic heterocycles. The molecule has 1 saturated heterocycles. The molecule has 1 aliphatic rings. The lowest BCUT2D eigenvalue weighted by Crippen LogP contribution is -2.38. The van der Waals surface area contributed by atoms with Gasteiger partial charge in [0.15, 0.2) is 5.82 Å². The van der Waals surface area contributed by atoms with Crippen LogP contribution in [0.4, 0.5) is 9.18 Å². The van der Waals surface area contributed by atoms with Gasteiger partial charge in [0.25, 0.3) is 0 Å². The summed E-state index contributed by atoms with van der Waals surface area (Å²) in [7, 11) is 0. The Morgan fingerprint density at radius 1 is 1.41 bits per heavy atom. The maximum atomic E-state index is 12.9. The van der Waals surface area contributed by atoms with Gasteiger partial charge in [0.1, 0.15) is 5.82 Å². The van der Waals surface area contributed by atoms with E-state index in [1.165, 1.54) is 17.0 Å². The summed E-state index contributed by atoms with van der Waals surface area (Å²) >= 11 is 0. The molecule has 0 radical (unpaired) electrons. The molecular formula is C15H16FN3O3. The monoisotopic (exact) mass is 305 g/mol. The fraction of sp³-hybridized carbons (Fsp3) is 0.400. The van der Waals surface area contributed by atoms with Crippen LogP contribution in [0.1, 0.15) is 36.0 Å². The third kappa shape index (κ3) is 3.24. The first kappa shape index (κ1) is 14.5. The molecule has 116 valence electrons. The quantitative estimate of drug-likeness (QED) is 0.943. The van der Waals surface area contributed by atoms with Gasteiger partial charge in [0.05, 0.1) is 5.92 Å². The van der Waals surface area contributed by atoms with Crippen LogP contribution in [0, 0.1) is 5.82 Å². The third-order valence-corrected chi connectivity index (χ3v) is 3.80. The second kappa shape index (κ2) is 6.13. The summed E-state index contributed by atoms with van der Waals surface area (Å²) in [4.78, 5) is 16.8. The first-order chi connectivity index (χ1) is 10.6. The van der Waals surface area contributed by atoms with Crippen LogP contribution >= 0.6 is 0 Å². The third-order valence-electron chi connectivity index (χ3n) is 3.80. The highest BCUT2D eigenvalue weighted by Gasteiger charge is 2.28. The molecule has 2 aromatic rings. The molecule has 1 atom stereocenters. The molecule has 1 N–H and O–H groups in total. The maximum absolute atomic E-state index is 12.9. The van der Waals surface area contributed by atoms with Crippen LogP contribution in [-0.2, 0) is 6.42 Å². The summed E-state index contributed by atoms with van der Waals surface area (Å²) in [5.74, 6) is 0.657. The summed E-state index contributed by atoms with van der Waals surface area (Å²) in [6, 6.07) is 6.14. The van der Waals surface area contributed by atoms with Gasteiger partial charge in [0, 0.05) is 19.5 Å². The zero-order valence-corrected chi connectivity index (χ0v) is 11.9. The summed E-state index contributed by atoms with van der Waals surface area (Å²) in [5, 5.41) is 13.0. The zero-order chi connectivity index (χ0) is 15.5. The van der Waals surface area contributed by atoms with Crippen LogP contribution in [-0.4, -0.2) is 39.3 Å². The number of carboxylic acid groups (broad SMARTS) is 1. The molecule has 0 unspecified atom stereocenters. The van der Waals surface area contributed by atoms with Gasteiger partial charge < -0.3 is 14.5 Å². The van der Waals surface area contributed by atoms with Crippen molar-refractivity contribution in [3.8, 4) is 0 Å². The Hall–Kier alpha value is -2.44. The lowest BCUT2D eigenvalue weighted by molar-refractivity contribution is 0.126. The number of halogens is 1. The second-order valence-corrected chi connectivity index (χ2v) is 5.42. The number of hydrogen-bond acceptors (Lipinski definition) is 4. The Morgan fingerprint density at radius 3 is 2.91 bits per heavy atom. The number of piperidine rings is 1. The molecule has 0 aliphatic carbocycles. The largest absolute Gasteiger partial charge is 0.465 e. The standard InChI is InChI=1S/C15H16FN3O3/c16-12-5-3-10(4-6-12)8-13-17-14(22-18-13)11-2-1-7-19(9-11)15(20)21/h3-6,11H,1-2,7-9H2,(H,20,21)/t11-/m0/s1. The van der Waals surface area contributed by atoms with Crippen LogP contribution in [0.5, 0.6) is 0 Å². The summed E-state index contributed by atoms with van der Waals surface area (Å²) < 4.78 is 18.1. The minimum atomic E-state index is -0.921. The maximum Gasteiger partial charge on any atom is 0.407 e. The Morgan fingerprint density at radius 2 is 2.18 bits per heavy atom. The SMILES string of the molecule is O=C(O)N1CCC[C@H](c2nc(Cc3ccc(F)cc3)no2)C1. The first-order valence-corrected chi connectivity index (χ1v) is 7.16. The molecule has 0 bridgehead atoms. The van der Waals surface area contributed by atoms with E-state index in [0.717, 1.165) is 18.4 Å². The Kier molecular flexibility index (Phi) is 4.04. The predicted octanol–water partition coefficient (Wildman–Crippen LogP) is 2.66. The molecule has 22 heavy (non-hydrogen) atoms. The summed E-state index contributed by atoms with van der Waals surface area (Å²) in [6.07, 6.45) is 1.16. The van der Waals surface area contributed by atoms with Gasteiger partial charge in [-0.2, -0.15) is 4.98 Å². The Balaban J connectivity index is 1.68. The van der Waals surface area contributed by atoms with Crippen molar-refractivity contribution in [2.75, 3.05) is 13.1 Å². The van der Waals surface area contributed by atoms with Crippen LogP contribution in [0.25, 0.3) is 0 Å². The Labute approximate surface area is 126 Å². The van der Waals surface area contributed by atoms with E-state index >= 15 is 0 Å². The van der Waals surface area contributed by atoms with Crippen molar-refractivity contribution in [1.82, 2.24) is 15.0 Å². The van der Waals surface area contributed by atoms with Crippen molar-refractivity contribution >= 4 is 6.09 Å². The molecule has 0 saturated carbocycles. The van der Waals surface area contributed by atoms with Gasteiger partial charge in [-0.15, -0.1) is 0 Å². The molecular weight excluding hydrogens is 289 g/mol. The van der Waals surface area contributed by atoms with E-state index < -0.39 is 6.09 Å². The number of likely N-dealkylation sites (tertiary alicyclic amines) is 1. The average molecular weight is 305 g/mol. The highest BCUT2D eigenvalue weighted by Crippen LogP contribution is 2.26. The van der Waals surface area contributed by atoms with Crippen molar-refractivity contribution < 1.29 is 18.8 Å². The molecule has 1 fully saturated rings. The molecule has 3 rings (SSSR count). The lowest BCUT2D eigenvalue weighted by Gasteiger charge is -2.28. The van der Waals surface area contributed by atoms with E-state index in [9.17, 15) is 9.18 Å². The van der Waals surface area contributed by atoms with Crippen LogP contribution in [0.2, 0.25) is 0 Å². The number of benzene rings is 1. The highest BCUT2D eigenvalue weighted by molar-refractivity contribution is 5.65. The minimum Gasteiger partial charge on any atom is -0.465 e. The number of amides is 1. The van der Waals surface area contributed by atoms with Crippen molar-refractivity contribution in [3.63, 3.8) is 0 Å². The van der Waals surface area contributed by atoms with Gasteiger partial charge in [-0.05, 0) is 30.5 Å². The molecule has 1 aliphatic heterocycles. The number of hydrogen-bond donors (Lipinski definition) is 1. The van der Waals surface area contributed by atoms with E-state index in [2.05, 4.69) is 10.1 Å². The first-order valence-electron chi connectivity index (χ1n) is 7.16. The van der Waals surface area contributed by atoms with Gasteiger partial charge in [-0.1, -0.05) is 17.3 Å². The molecule has 0 spiro atoms. The number of aromatic nitrogens is 2. The number of carbonyl (C=O) groups is 1. The van der Waals surface area contributed by atoms with E-state index in [4.69, 9.17) is 9.63 Å². The van der Waals surface area contributed by atoms with Crippen LogP contribution in [0.15, 0.2) is 28.8 Å². The normalized spacial score (nSPS) is 18.4. The lowest BCUT2D eigenvalue weighted by atomic mass is 9.98. The van der Waals surface area contributed by atoms with E-state index in [1.807, 2.05) is 0 Å². The molecule has 1 amide bonds. The zero-order valence-electron chi connectivity index (χ0n) is 11.9. The predicted molar refractivity (Wildman–Crippen MR) is 75.1 cm³/mol. The smallest absolute Gasteiger partial charge is 0.407 e. The fourth-order valence-corrected chi connectivity index (χ4v) is 2.64. The number of nitrogens with zero attached hydrogens (tertiary/aromatic N) is 3.